The Morgan fingerprint density at radius 2 is 1.97 bits per heavy atom. The molecule has 4 heterocycles. The molecule has 0 saturated carbocycles. The van der Waals surface area contributed by atoms with Crippen molar-refractivity contribution in [1.29, 1.82) is 0 Å². The molecular weight excluding hydrogens is 415 g/mol. The van der Waals surface area contributed by atoms with Gasteiger partial charge in [0.05, 0.1) is 24.1 Å². The van der Waals surface area contributed by atoms with Crippen LogP contribution < -0.4 is 10.9 Å². The van der Waals surface area contributed by atoms with E-state index in [1.807, 2.05) is 37.5 Å². The van der Waals surface area contributed by atoms with E-state index in [0.717, 1.165) is 48.3 Å². The molecule has 0 amide bonds. The molecule has 0 fully saturated rings. The highest BCUT2D eigenvalue weighted by atomic mass is 19.1. The molecular formula is C27H31FN4O. The van der Waals surface area contributed by atoms with E-state index in [9.17, 15) is 9.18 Å². The van der Waals surface area contributed by atoms with Gasteiger partial charge in [-0.05, 0) is 48.7 Å². The molecule has 5 nitrogen and oxygen atoms in total. The van der Waals surface area contributed by atoms with Gasteiger partial charge >= 0.3 is 0 Å². The Morgan fingerprint density at radius 3 is 2.67 bits per heavy atom. The highest BCUT2D eigenvalue weighted by molar-refractivity contribution is 5.88. The number of alkyl halides is 1. The number of fused-ring (bicyclic) bond motifs is 3. The lowest BCUT2D eigenvalue weighted by Gasteiger charge is -2.25. The Kier molecular flexibility index (Phi) is 6.75. The van der Waals surface area contributed by atoms with Gasteiger partial charge in [-0.2, -0.15) is 0 Å². The van der Waals surface area contributed by atoms with Crippen molar-refractivity contribution in [1.82, 2.24) is 19.4 Å². The lowest BCUT2D eigenvalue weighted by atomic mass is 9.94. The number of hydrogen-bond acceptors (Lipinski definition) is 3. The number of pyridine rings is 2. The van der Waals surface area contributed by atoms with E-state index in [0.29, 0.717) is 13.2 Å². The molecule has 0 spiro atoms. The van der Waals surface area contributed by atoms with Gasteiger partial charge in [-0.3, -0.25) is 18.7 Å². The van der Waals surface area contributed by atoms with Crippen molar-refractivity contribution in [2.24, 2.45) is 7.05 Å². The van der Waals surface area contributed by atoms with Crippen LogP contribution in [0.2, 0.25) is 0 Å². The second-order valence-corrected chi connectivity index (χ2v) is 8.51. The van der Waals surface area contributed by atoms with E-state index in [1.165, 1.54) is 22.2 Å². The Labute approximate surface area is 193 Å². The number of halogens is 1. The van der Waals surface area contributed by atoms with Crippen LogP contribution in [0.15, 0.2) is 59.7 Å². The molecule has 1 atom stereocenters. The first kappa shape index (κ1) is 22.9. The number of benzene rings is 1. The third kappa shape index (κ3) is 4.23. The van der Waals surface area contributed by atoms with Crippen LogP contribution in [-0.4, -0.2) is 27.8 Å². The quantitative estimate of drug-likeness (QED) is 0.465. The Hall–Kier alpha value is -3.25. The second kappa shape index (κ2) is 9.71. The second-order valence-electron chi connectivity index (χ2n) is 8.51. The molecule has 0 aliphatic carbocycles. The molecule has 4 aromatic rings. The topological polar surface area (TPSA) is 51.9 Å². The van der Waals surface area contributed by atoms with E-state index in [4.69, 9.17) is 0 Å². The Morgan fingerprint density at radius 1 is 1.15 bits per heavy atom. The number of aromatic nitrogens is 3. The molecule has 1 aromatic carbocycles. The third-order valence-electron chi connectivity index (χ3n) is 6.43. The lowest BCUT2D eigenvalue weighted by Crippen LogP contribution is -2.30. The van der Waals surface area contributed by atoms with Crippen LogP contribution in [0.4, 0.5) is 4.39 Å². The van der Waals surface area contributed by atoms with Crippen molar-refractivity contribution in [3.63, 3.8) is 0 Å². The van der Waals surface area contributed by atoms with Crippen molar-refractivity contribution in [3.8, 4) is 16.9 Å². The first-order chi connectivity index (χ1) is 16.1. The van der Waals surface area contributed by atoms with Crippen molar-refractivity contribution >= 4 is 10.9 Å². The van der Waals surface area contributed by atoms with Crippen molar-refractivity contribution in [2.45, 2.75) is 39.2 Å². The fourth-order valence-corrected chi connectivity index (χ4v) is 4.84. The fourth-order valence-electron chi connectivity index (χ4n) is 4.84. The van der Waals surface area contributed by atoms with Gasteiger partial charge in [0.15, 0.2) is 0 Å². The molecule has 1 aliphatic heterocycles. The summed E-state index contributed by atoms with van der Waals surface area (Å²) < 4.78 is 13.5. The smallest absolute Gasteiger partial charge is 0.255 e. The zero-order chi connectivity index (χ0) is 23.5. The molecule has 33 heavy (non-hydrogen) atoms. The van der Waals surface area contributed by atoms with Gasteiger partial charge in [0, 0.05) is 61.2 Å². The van der Waals surface area contributed by atoms with Crippen LogP contribution in [-0.2, 0) is 13.5 Å². The maximum Gasteiger partial charge on any atom is 0.255 e. The predicted molar refractivity (Wildman–Crippen MR) is 133 cm³/mol. The van der Waals surface area contributed by atoms with E-state index in [1.54, 1.807) is 10.6 Å². The van der Waals surface area contributed by atoms with Crippen LogP contribution in [0.3, 0.4) is 0 Å². The summed E-state index contributed by atoms with van der Waals surface area (Å²) in [5, 5.41) is 4.98. The summed E-state index contributed by atoms with van der Waals surface area (Å²) >= 11 is 0. The summed E-state index contributed by atoms with van der Waals surface area (Å²) in [6.07, 6.45) is 7.01. The van der Waals surface area contributed by atoms with Crippen LogP contribution >= 0.6 is 0 Å². The number of hydrogen-bond donors (Lipinski definition) is 1. The monoisotopic (exact) mass is 446 g/mol. The number of rotatable bonds is 4. The van der Waals surface area contributed by atoms with Crippen molar-refractivity contribution < 1.29 is 4.39 Å². The molecule has 6 heteroatoms. The van der Waals surface area contributed by atoms with Crippen LogP contribution in [0.1, 0.15) is 42.6 Å². The molecule has 172 valence electrons. The van der Waals surface area contributed by atoms with Gasteiger partial charge in [-0.15, -0.1) is 0 Å². The minimum atomic E-state index is -0.0521. The molecule has 1 unspecified atom stereocenters. The van der Waals surface area contributed by atoms with Gasteiger partial charge in [-0.25, -0.2) is 0 Å². The maximum absolute atomic E-state index is 13.0. The maximum atomic E-state index is 13.0. The Bertz CT molecular complexity index is 1320. The molecule has 0 saturated heterocycles. The summed E-state index contributed by atoms with van der Waals surface area (Å²) in [7, 11) is 2.65. The van der Waals surface area contributed by atoms with E-state index in [2.05, 4.69) is 47.0 Å². The zero-order valence-corrected chi connectivity index (χ0v) is 19.7. The molecule has 0 bridgehead atoms. The highest BCUT2D eigenvalue weighted by Crippen LogP contribution is 2.36. The van der Waals surface area contributed by atoms with Crippen molar-refractivity contribution in [2.75, 3.05) is 13.7 Å². The molecule has 3 aromatic heterocycles. The zero-order valence-electron chi connectivity index (χ0n) is 19.7. The minimum absolute atomic E-state index is 0.0521. The van der Waals surface area contributed by atoms with Crippen molar-refractivity contribution in [3.05, 3.63) is 82.0 Å². The predicted octanol–water partition coefficient (Wildman–Crippen LogP) is 5.27. The SMILES string of the molecule is CCCC1NCCc2c1c1ccc(-n3ccc(-c4ccc(C)cn4)cc3=O)cc1n2C.CF. The number of aryl methyl sites for hydroxylation is 2. The summed E-state index contributed by atoms with van der Waals surface area (Å²) in [5.41, 5.74) is 7.63. The Balaban J connectivity index is 0.00000126. The number of nitrogens with zero attached hydrogens (tertiary/aromatic N) is 3. The van der Waals surface area contributed by atoms with E-state index < -0.39 is 0 Å². The van der Waals surface area contributed by atoms with E-state index >= 15 is 0 Å². The minimum Gasteiger partial charge on any atom is -0.347 e. The third-order valence-corrected chi connectivity index (χ3v) is 6.43. The fraction of sp³-hybridized carbons (Fsp3) is 0.333. The average molecular weight is 447 g/mol. The van der Waals surface area contributed by atoms with Gasteiger partial charge in [0.25, 0.3) is 5.56 Å². The summed E-state index contributed by atoms with van der Waals surface area (Å²) in [5.74, 6) is 0. The molecule has 1 N–H and O–H groups in total. The van der Waals surface area contributed by atoms with Crippen LogP contribution in [0.5, 0.6) is 0 Å². The van der Waals surface area contributed by atoms with Crippen LogP contribution in [0.25, 0.3) is 27.8 Å². The standard InChI is InChI=1S/C26H28N4O.CH3F/c1-4-5-22-26-20-8-7-19(15-24(20)29(3)23(26)10-12-27-22)30-13-11-18(14-25(30)31)21-9-6-17(2)16-28-21;1-2/h6-9,11,13-16,22,27H,4-5,10,12H2,1-3H3;1H3. The van der Waals surface area contributed by atoms with Gasteiger partial charge in [0.2, 0.25) is 0 Å². The number of nitrogens with one attached hydrogen (secondary N) is 1. The average Bonchev–Trinajstić information content (AvgIpc) is 3.13. The molecule has 1 aliphatic rings. The summed E-state index contributed by atoms with van der Waals surface area (Å²) in [6.45, 7) is 5.26. The van der Waals surface area contributed by atoms with Gasteiger partial charge in [-0.1, -0.05) is 25.5 Å². The van der Waals surface area contributed by atoms with Crippen LogP contribution in [0, 0.1) is 6.92 Å². The summed E-state index contributed by atoms with van der Waals surface area (Å²) in [4.78, 5) is 17.4. The molecule has 0 radical (unpaired) electrons. The normalized spacial score (nSPS) is 15.1. The molecule has 5 rings (SSSR count). The summed E-state index contributed by atoms with van der Waals surface area (Å²) in [6, 6.07) is 14.4. The first-order valence-electron chi connectivity index (χ1n) is 11.5. The lowest BCUT2D eigenvalue weighted by molar-refractivity contribution is 0.466. The van der Waals surface area contributed by atoms with Gasteiger partial charge in [0.1, 0.15) is 0 Å². The van der Waals surface area contributed by atoms with Gasteiger partial charge < -0.3 is 9.88 Å². The highest BCUT2D eigenvalue weighted by Gasteiger charge is 2.25. The van der Waals surface area contributed by atoms with E-state index in [-0.39, 0.29) is 5.56 Å². The largest absolute Gasteiger partial charge is 0.347 e. The first-order valence-corrected chi connectivity index (χ1v) is 11.5.